The molecule has 3 unspecified atom stereocenters. The minimum Gasteiger partial charge on any atom is -0.480 e. The predicted octanol–water partition coefficient (Wildman–Crippen LogP) is 0.646. The number of nitrogens with one attached hydrogen (secondary N) is 2. The first kappa shape index (κ1) is 15.4. The van der Waals surface area contributed by atoms with Crippen molar-refractivity contribution >= 4 is 23.3 Å². The van der Waals surface area contributed by atoms with Crippen LogP contribution in [0.25, 0.3) is 0 Å². The van der Waals surface area contributed by atoms with Gasteiger partial charge in [-0.15, -0.1) is 11.3 Å². The van der Waals surface area contributed by atoms with Crippen LogP contribution in [-0.4, -0.2) is 39.3 Å². The molecule has 0 aliphatic carbocycles. The Balaban J connectivity index is 2.57. The van der Waals surface area contributed by atoms with Gasteiger partial charge >= 0.3 is 12.0 Å². The van der Waals surface area contributed by atoms with Crippen LogP contribution in [0.5, 0.6) is 0 Å². The monoisotopic (exact) mass is 287 g/mol. The van der Waals surface area contributed by atoms with Gasteiger partial charge in [-0.1, -0.05) is 0 Å². The van der Waals surface area contributed by atoms with Crippen molar-refractivity contribution in [3.05, 3.63) is 16.1 Å². The van der Waals surface area contributed by atoms with Crippen molar-refractivity contribution in [1.29, 1.82) is 0 Å². The first-order valence-electron chi connectivity index (χ1n) is 5.71. The fraction of sp³-hybridized carbons (Fsp3) is 0.545. The van der Waals surface area contributed by atoms with Gasteiger partial charge in [0.05, 0.1) is 12.1 Å². The van der Waals surface area contributed by atoms with Crippen LogP contribution in [0.3, 0.4) is 0 Å². The van der Waals surface area contributed by atoms with Gasteiger partial charge in [0.2, 0.25) is 0 Å². The van der Waals surface area contributed by atoms with Gasteiger partial charge in [0.1, 0.15) is 5.01 Å². The molecule has 106 valence electrons. The topological polar surface area (TPSA) is 112 Å². The summed E-state index contributed by atoms with van der Waals surface area (Å²) in [6.45, 7) is 4.89. The molecule has 0 radical (unpaired) electrons. The zero-order chi connectivity index (χ0) is 14.6. The van der Waals surface area contributed by atoms with Crippen LogP contribution in [0, 0.1) is 6.92 Å². The number of hydrogen-bond acceptors (Lipinski definition) is 5. The number of aromatic nitrogens is 1. The van der Waals surface area contributed by atoms with Crippen LogP contribution in [-0.2, 0) is 4.79 Å². The molecule has 1 aromatic heterocycles. The molecule has 8 heteroatoms. The number of thiazole rings is 1. The molecule has 2 amide bonds. The van der Waals surface area contributed by atoms with Crippen LogP contribution in [0.15, 0.2) is 5.38 Å². The predicted molar refractivity (Wildman–Crippen MR) is 70.0 cm³/mol. The van der Waals surface area contributed by atoms with E-state index >= 15 is 0 Å². The molecule has 1 rings (SSSR count). The zero-order valence-corrected chi connectivity index (χ0v) is 11.7. The van der Waals surface area contributed by atoms with E-state index < -0.39 is 24.1 Å². The van der Waals surface area contributed by atoms with Crippen molar-refractivity contribution in [1.82, 2.24) is 15.6 Å². The van der Waals surface area contributed by atoms with E-state index in [4.69, 9.17) is 5.11 Å². The Hall–Kier alpha value is -1.67. The number of aliphatic carboxylic acids is 1. The van der Waals surface area contributed by atoms with E-state index in [0.29, 0.717) is 0 Å². The number of rotatable bonds is 5. The van der Waals surface area contributed by atoms with Gasteiger partial charge in [-0.05, 0) is 20.8 Å². The van der Waals surface area contributed by atoms with E-state index in [-0.39, 0.29) is 6.04 Å². The van der Waals surface area contributed by atoms with Crippen molar-refractivity contribution in [3.63, 3.8) is 0 Å². The number of carboxylic acid groups (broad SMARTS) is 1. The van der Waals surface area contributed by atoms with Crippen molar-refractivity contribution in [2.75, 3.05) is 0 Å². The minimum atomic E-state index is -1.34. The minimum absolute atomic E-state index is 0.331. The molecular weight excluding hydrogens is 270 g/mol. The van der Waals surface area contributed by atoms with Crippen LogP contribution in [0.2, 0.25) is 0 Å². The maximum atomic E-state index is 11.6. The van der Waals surface area contributed by atoms with Gasteiger partial charge < -0.3 is 20.8 Å². The second-order valence-electron chi connectivity index (χ2n) is 4.22. The molecule has 0 spiro atoms. The number of amides is 2. The Kier molecular flexibility index (Phi) is 5.25. The Morgan fingerprint density at radius 3 is 2.42 bits per heavy atom. The molecule has 1 aromatic rings. The second kappa shape index (κ2) is 6.48. The first-order chi connectivity index (χ1) is 8.81. The molecule has 1 heterocycles. The normalized spacial score (nSPS) is 15.4. The fourth-order valence-electron chi connectivity index (χ4n) is 1.40. The van der Waals surface area contributed by atoms with E-state index in [0.717, 1.165) is 10.7 Å². The van der Waals surface area contributed by atoms with Crippen molar-refractivity contribution in [2.24, 2.45) is 0 Å². The van der Waals surface area contributed by atoms with Gasteiger partial charge in [-0.25, -0.2) is 14.6 Å². The summed E-state index contributed by atoms with van der Waals surface area (Å²) in [6, 6.07) is -2.33. The van der Waals surface area contributed by atoms with E-state index in [1.807, 2.05) is 12.3 Å². The quantitative estimate of drug-likeness (QED) is 0.635. The lowest BCUT2D eigenvalue weighted by molar-refractivity contribution is -0.141. The van der Waals surface area contributed by atoms with Gasteiger partial charge in [0, 0.05) is 11.1 Å². The van der Waals surface area contributed by atoms with Crippen LogP contribution >= 0.6 is 11.3 Å². The summed E-state index contributed by atoms with van der Waals surface area (Å²) in [6.07, 6.45) is -1.18. The molecule has 0 bridgehead atoms. The molecular formula is C11H17N3O4S. The van der Waals surface area contributed by atoms with E-state index in [1.165, 1.54) is 18.3 Å². The zero-order valence-electron chi connectivity index (χ0n) is 10.9. The molecule has 0 saturated heterocycles. The van der Waals surface area contributed by atoms with Crippen LogP contribution < -0.4 is 10.6 Å². The summed E-state index contributed by atoms with van der Waals surface area (Å²) in [7, 11) is 0. The van der Waals surface area contributed by atoms with Crippen LogP contribution in [0.4, 0.5) is 4.79 Å². The molecule has 0 aromatic carbocycles. The molecule has 3 atom stereocenters. The third kappa shape index (κ3) is 4.49. The van der Waals surface area contributed by atoms with Gasteiger partial charge in [-0.2, -0.15) is 0 Å². The third-order valence-electron chi connectivity index (χ3n) is 2.39. The second-order valence-corrected chi connectivity index (χ2v) is 5.11. The summed E-state index contributed by atoms with van der Waals surface area (Å²) in [5, 5.41) is 25.5. The van der Waals surface area contributed by atoms with E-state index in [2.05, 4.69) is 15.6 Å². The number of nitrogens with zero attached hydrogens (tertiary/aromatic N) is 1. The lowest BCUT2D eigenvalue weighted by Gasteiger charge is -2.19. The highest BCUT2D eigenvalue weighted by Crippen LogP contribution is 2.17. The highest BCUT2D eigenvalue weighted by atomic mass is 32.1. The Morgan fingerprint density at radius 1 is 1.37 bits per heavy atom. The number of carbonyl (C=O) groups is 2. The smallest absolute Gasteiger partial charge is 0.328 e. The number of aryl methyl sites for hydroxylation is 1. The molecule has 0 aliphatic heterocycles. The SMILES string of the molecule is Cc1csc(C(C)NC(=O)NC(C(=O)O)C(C)O)n1. The summed E-state index contributed by atoms with van der Waals surface area (Å²) in [5.41, 5.74) is 0.862. The summed E-state index contributed by atoms with van der Waals surface area (Å²) >= 11 is 1.41. The average Bonchev–Trinajstić information content (AvgIpc) is 2.72. The molecule has 19 heavy (non-hydrogen) atoms. The number of aliphatic hydroxyl groups is 1. The molecule has 0 aliphatic rings. The third-order valence-corrected chi connectivity index (χ3v) is 3.54. The lowest BCUT2D eigenvalue weighted by Crippen LogP contribution is -2.51. The number of carbonyl (C=O) groups excluding carboxylic acids is 1. The average molecular weight is 287 g/mol. The van der Waals surface area contributed by atoms with Crippen LogP contribution in [0.1, 0.15) is 30.6 Å². The number of hydrogen-bond donors (Lipinski definition) is 4. The Bertz CT molecular complexity index is 461. The maximum absolute atomic E-state index is 11.6. The summed E-state index contributed by atoms with van der Waals surface area (Å²) in [5.74, 6) is -1.29. The van der Waals surface area contributed by atoms with Gasteiger partial charge in [-0.3, -0.25) is 0 Å². The van der Waals surface area contributed by atoms with Gasteiger partial charge in [0.25, 0.3) is 0 Å². The fourth-order valence-corrected chi connectivity index (χ4v) is 2.20. The van der Waals surface area contributed by atoms with E-state index in [9.17, 15) is 14.7 Å². The molecule has 0 fully saturated rings. The first-order valence-corrected chi connectivity index (χ1v) is 6.59. The van der Waals surface area contributed by atoms with Gasteiger partial charge in [0.15, 0.2) is 6.04 Å². The highest BCUT2D eigenvalue weighted by molar-refractivity contribution is 7.09. The van der Waals surface area contributed by atoms with E-state index in [1.54, 1.807) is 6.92 Å². The summed E-state index contributed by atoms with van der Waals surface area (Å²) < 4.78 is 0. The Labute approximate surface area is 114 Å². The maximum Gasteiger partial charge on any atom is 0.328 e. The number of urea groups is 1. The standard InChI is InChI=1S/C11H17N3O4S/c1-5-4-19-9(12-5)6(2)13-11(18)14-8(7(3)15)10(16)17/h4,6-8,15H,1-3H3,(H,16,17)(H2,13,14,18). The number of carboxylic acids is 1. The molecule has 7 nitrogen and oxygen atoms in total. The number of aliphatic hydroxyl groups excluding tert-OH is 1. The highest BCUT2D eigenvalue weighted by Gasteiger charge is 2.25. The molecule has 4 N–H and O–H groups in total. The van der Waals surface area contributed by atoms with Crippen molar-refractivity contribution in [3.8, 4) is 0 Å². The Morgan fingerprint density at radius 2 is 2.00 bits per heavy atom. The molecule has 0 saturated carbocycles. The lowest BCUT2D eigenvalue weighted by atomic mass is 10.2. The summed E-state index contributed by atoms with van der Waals surface area (Å²) in [4.78, 5) is 26.7. The largest absolute Gasteiger partial charge is 0.480 e. The van der Waals surface area contributed by atoms with Crippen molar-refractivity contribution < 1.29 is 19.8 Å². The van der Waals surface area contributed by atoms with Crippen molar-refractivity contribution in [2.45, 2.75) is 39.0 Å².